The highest BCUT2D eigenvalue weighted by atomic mass is 15.3. The maximum Gasteiger partial charge on any atom is 0.0979 e. The van der Waals surface area contributed by atoms with E-state index in [1.54, 1.807) is 0 Å². The zero-order chi connectivity index (χ0) is 27.6. The Morgan fingerprint density at radius 1 is 0.641 bits per heavy atom. The molecule has 0 fully saturated rings. The van der Waals surface area contributed by atoms with Crippen LogP contribution >= 0.6 is 0 Å². The van der Waals surface area contributed by atoms with E-state index in [2.05, 4.69) is 108 Å². The largest absolute Gasteiger partial charge is 0.361 e. The average Bonchev–Trinajstić information content (AvgIpc) is 3.74. The van der Waals surface area contributed by atoms with Gasteiger partial charge in [-0.2, -0.15) is 0 Å². The van der Waals surface area contributed by atoms with Crippen molar-refractivity contribution in [2.24, 2.45) is 0 Å². The van der Waals surface area contributed by atoms with E-state index in [1.165, 1.54) is 0 Å². The summed E-state index contributed by atoms with van der Waals surface area (Å²) in [6, 6.07) is 8.30. The van der Waals surface area contributed by atoms with Crippen LogP contribution in [0.4, 0.5) is 0 Å². The quantitative estimate of drug-likeness (QED) is 0.550. The van der Waals surface area contributed by atoms with Gasteiger partial charge in [0, 0.05) is 75.2 Å². The molecule has 3 N–H and O–H groups in total. The lowest BCUT2D eigenvalue weighted by molar-refractivity contribution is 0.358. The fourth-order valence-electron chi connectivity index (χ4n) is 4.20. The van der Waals surface area contributed by atoms with Crippen LogP contribution in [0.5, 0.6) is 0 Å². The van der Waals surface area contributed by atoms with E-state index in [-0.39, 0.29) is 0 Å². The van der Waals surface area contributed by atoms with Gasteiger partial charge in [0.2, 0.25) is 0 Å². The summed E-state index contributed by atoms with van der Waals surface area (Å²) in [6.07, 6.45) is 26.1. The zero-order valence-corrected chi connectivity index (χ0v) is 23.0. The number of rotatable bonds is 2. The van der Waals surface area contributed by atoms with Crippen LogP contribution in [0.1, 0.15) is 13.8 Å². The van der Waals surface area contributed by atoms with Gasteiger partial charge in [0.1, 0.15) is 0 Å². The molecule has 0 radical (unpaired) electrons. The van der Waals surface area contributed by atoms with Crippen LogP contribution in [0.25, 0.3) is 24.8 Å². The average molecular weight is 526 g/mol. The van der Waals surface area contributed by atoms with Crippen molar-refractivity contribution in [3.05, 3.63) is 120 Å². The molecule has 5 heterocycles. The topological polar surface area (TPSA) is 63.1 Å². The van der Waals surface area contributed by atoms with E-state index >= 15 is 0 Å². The summed E-state index contributed by atoms with van der Waals surface area (Å²) in [4.78, 5) is 19.5. The molecule has 2 aromatic rings. The van der Waals surface area contributed by atoms with Crippen molar-refractivity contribution in [2.45, 2.75) is 13.8 Å². The van der Waals surface area contributed by atoms with Crippen LogP contribution in [0.3, 0.4) is 0 Å². The molecule has 9 heteroatoms. The normalized spacial score (nSPS) is 22.7. The van der Waals surface area contributed by atoms with Gasteiger partial charge in [0.25, 0.3) is 0 Å². The molecule has 0 amide bonds. The molecule has 0 atom stereocenters. The van der Waals surface area contributed by atoms with E-state index in [1.807, 2.05) is 75.3 Å². The number of allylic oxidation sites excluding steroid dienone is 1. The highest BCUT2D eigenvalue weighted by Crippen LogP contribution is 2.10. The van der Waals surface area contributed by atoms with Crippen LogP contribution < -0.4 is 26.7 Å². The molecular weight excluding hydrogens is 486 g/mol. The van der Waals surface area contributed by atoms with Gasteiger partial charge >= 0.3 is 0 Å². The Labute approximate surface area is 230 Å². The molecule has 39 heavy (non-hydrogen) atoms. The molecule has 0 spiro atoms. The Bertz CT molecular complexity index is 1490. The van der Waals surface area contributed by atoms with Crippen molar-refractivity contribution in [2.75, 3.05) is 27.1 Å². The van der Waals surface area contributed by atoms with Crippen LogP contribution in [-0.4, -0.2) is 66.4 Å². The number of aromatic nitrogens is 2. The van der Waals surface area contributed by atoms with Gasteiger partial charge in [-0.15, -0.1) is 0 Å². The summed E-state index contributed by atoms with van der Waals surface area (Å²) >= 11 is 0. The Hall–Kier alpha value is -4.92. The van der Waals surface area contributed by atoms with Crippen molar-refractivity contribution in [1.29, 1.82) is 0 Å². The molecule has 0 aromatic carbocycles. The first kappa shape index (κ1) is 27.1. The first-order valence-corrected chi connectivity index (χ1v) is 13.1. The predicted octanol–water partition coefficient (Wildman–Crippen LogP) is 1.55. The number of fused-ring (bicyclic) bond motifs is 8. The predicted molar refractivity (Wildman–Crippen MR) is 160 cm³/mol. The molecule has 9 nitrogen and oxygen atoms in total. The minimum absolute atomic E-state index is 0.658. The van der Waals surface area contributed by atoms with E-state index in [4.69, 9.17) is 0 Å². The summed E-state index contributed by atoms with van der Waals surface area (Å²) < 4.78 is 0. The molecule has 204 valence electrons. The lowest BCUT2D eigenvalue weighted by atomic mass is 10.4. The molecule has 2 aromatic heterocycles. The maximum absolute atomic E-state index is 3.98. The minimum Gasteiger partial charge on any atom is -0.361 e. The molecule has 5 rings (SSSR count). The van der Waals surface area contributed by atoms with Gasteiger partial charge in [-0.3, -0.25) is 0 Å². The Morgan fingerprint density at radius 2 is 1.15 bits per heavy atom. The van der Waals surface area contributed by atoms with Gasteiger partial charge in [-0.05, 0) is 36.5 Å². The summed E-state index contributed by atoms with van der Waals surface area (Å²) in [5, 5.41) is 7.41. The highest BCUT2D eigenvalue weighted by molar-refractivity contribution is 5.29. The standard InChI is InChI=1S/C28H33N9.C2H6/c1-4-24-17-35-14-15-37(23-35)20-27-7-6-25(30-27)16-32(3)21-33(5-2)18-26-8-9-28(31-26)19-36-13-12-34(22-36)11-10-29-24;1-2/h4-20,29-31H,1-2,21-23H2,3H3;1-2H3/b11-10-,24-17-,25-16-,26-18-,27-20-,28-19-;. The van der Waals surface area contributed by atoms with Crippen LogP contribution in [0.15, 0.2) is 98.8 Å². The number of H-pyrrole nitrogens is 2. The van der Waals surface area contributed by atoms with Crippen molar-refractivity contribution in [1.82, 2.24) is 44.7 Å². The first-order chi connectivity index (χ1) is 19.1. The summed E-state index contributed by atoms with van der Waals surface area (Å²) in [5.74, 6) is 0. The molecule has 0 saturated carbocycles. The van der Waals surface area contributed by atoms with Crippen molar-refractivity contribution in [3.8, 4) is 0 Å². The van der Waals surface area contributed by atoms with Gasteiger partial charge < -0.3 is 44.7 Å². The Morgan fingerprint density at radius 3 is 1.74 bits per heavy atom. The minimum atomic E-state index is 0.658. The smallest absolute Gasteiger partial charge is 0.0979 e. The number of nitrogens with zero attached hydrogens (tertiary/aromatic N) is 6. The fourth-order valence-corrected chi connectivity index (χ4v) is 4.20. The van der Waals surface area contributed by atoms with Crippen molar-refractivity contribution < 1.29 is 0 Å². The SMILES string of the molecule is C=C/C1=C/N2C=CN(/C=c3/cc/c([nH]3)=C/N(C)CN(C=C)/C=c3/cc/c([nH]3)=C/N3C=CN(/C=C\N1)C3)C2.CC. The molecule has 3 aliphatic rings. The Kier molecular flexibility index (Phi) is 9.07. The van der Waals surface area contributed by atoms with E-state index in [9.17, 15) is 0 Å². The molecule has 0 aliphatic carbocycles. The fraction of sp³-hybridized carbons (Fsp3) is 0.200. The zero-order valence-electron chi connectivity index (χ0n) is 23.0. The maximum atomic E-state index is 3.98. The van der Waals surface area contributed by atoms with Gasteiger partial charge in [0.05, 0.1) is 47.1 Å². The van der Waals surface area contributed by atoms with Crippen molar-refractivity contribution in [3.63, 3.8) is 0 Å². The summed E-state index contributed by atoms with van der Waals surface area (Å²) in [5.41, 5.74) is 0.910. The number of hydrogen-bond donors (Lipinski definition) is 3. The Balaban J connectivity index is 0.00000172. The molecule has 8 bridgehead atoms. The monoisotopic (exact) mass is 525 g/mol. The van der Waals surface area contributed by atoms with E-state index in [0.29, 0.717) is 13.3 Å². The van der Waals surface area contributed by atoms with Crippen LogP contribution in [-0.2, 0) is 0 Å². The second-order valence-corrected chi connectivity index (χ2v) is 9.03. The number of nitrogens with one attached hydrogen (secondary N) is 3. The first-order valence-electron chi connectivity index (χ1n) is 13.1. The second kappa shape index (κ2) is 13.0. The van der Waals surface area contributed by atoms with E-state index < -0.39 is 0 Å². The van der Waals surface area contributed by atoms with E-state index in [0.717, 1.165) is 33.8 Å². The van der Waals surface area contributed by atoms with Gasteiger partial charge in [-0.25, -0.2) is 0 Å². The molecule has 0 saturated heterocycles. The molecular formula is C30H39N9. The van der Waals surface area contributed by atoms with Crippen molar-refractivity contribution >= 4 is 24.8 Å². The summed E-state index contributed by atoms with van der Waals surface area (Å²) in [6.45, 7) is 14.0. The van der Waals surface area contributed by atoms with Crippen LogP contribution in [0, 0.1) is 0 Å². The van der Waals surface area contributed by atoms with Gasteiger partial charge in [-0.1, -0.05) is 27.0 Å². The highest BCUT2D eigenvalue weighted by Gasteiger charge is 2.10. The second-order valence-electron chi connectivity index (χ2n) is 9.03. The van der Waals surface area contributed by atoms with Crippen LogP contribution in [0.2, 0.25) is 0 Å². The summed E-state index contributed by atoms with van der Waals surface area (Å²) in [7, 11) is 2.05. The number of aromatic amines is 2. The molecule has 3 aliphatic heterocycles. The lowest BCUT2D eigenvalue weighted by Gasteiger charge is -2.21. The third-order valence-corrected chi connectivity index (χ3v) is 5.95. The third kappa shape index (κ3) is 7.54. The molecule has 0 unspecified atom stereocenters. The number of hydrogen-bond acceptors (Lipinski definition) is 7. The van der Waals surface area contributed by atoms with Gasteiger partial charge in [0.15, 0.2) is 0 Å². The third-order valence-electron chi connectivity index (χ3n) is 5.95. The lowest BCUT2D eigenvalue weighted by Crippen LogP contribution is -2.29.